The Hall–Kier alpha value is -2.98. The van der Waals surface area contributed by atoms with Gasteiger partial charge in [-0.2, -0.15) is 0 Å². The number of carbonyl (C=O) groups excluding carboxylic acids is 1. The Balaban J connectivity index is 1.92. The van der Waals surface area contributed by atoms with Crippen LogP contribution in [0.4, 0.5) is 5.69 Å². The number of thioether (sulfide) groups is 1. The van der Waals surface area contributed by atoms with Crippen molar-refractivity contribution in [2.24, 2.45) is 0 Å². The normalized spacial score (nSPS) is 15.4. The van der Waals surface area contributed by atoms with Crippen LogP contribution in [0.15, 0.2) is 41.6 Å². The van der Waals surface area contributed by atoms with Crippen molar-refractivity contribution in [2.75, 3.05) is 7.11 Å². The Bertz CT molecular complexity index is 963. The molecule has 0 bridgehead atoms. The fraction of sp³-hybridized carbons (Fsp3) is 0.118. The van der Waals surface area contributed by atoms with E-state index in [9.17, 15) is 20.0 Å². The molecule has 0 N–H and O–H groups in total. The van der Waals surface area contributed by atoms with E-state index in [4.69, 9.17) is 17.0 Å². The van der Waals surface area contributed by atoms with Crippen molar-refractivity contribution < 1.29 is 19.6 Å². The van der Waals surface area contributed by atoms with Crippen LogP contribution in [0.3, 0.4) is 0 Å². The van der Waals surface area contributed by atoms with E-state index in [1.807, 2.05) is 6.07 Å². The van der Waals surface area contributed by atoms with Crippen molar-refractivity contribution in [3.63, 3.8) is 0 Å². The van der Waals surface area contributed by atoms with E-state index < -0.39 is 16.4 Å². The molecule has 1 aromatic heterocycles. The topological polar surface area (TPSA) is 109 Å². The van der Waals surface area contributed by atoms with Crippen LogP contribution in [0.2, 0.25) is 0 Å². The minimum Gasteiger partial charge on any atom is -0.865 e. The summed E-state index contributed by atoms with van der Waals surface area (Å²) in [6.45, 7) is 0.277. The minimum absolute atomic E-state index is 0.165. The number of pyridine rings is 1. The Morgan fingerprint density at radius 2 is 2.22 bits per heavy atom. The summed E-state index contributed by atoms with van der Waals surface area (Å²) >= 11 is 6.36. The van der Waals surface area contributed by atoms with Crippen LogP contribution in [-0.4, -0.2) is 32.1 Å². The minimum atomic E-state index is -0.816. The lowest BCUT2D eigenvalue weighted by atomic mass is 10.1. The molecule has 2 heterocycles. The highest BCUT2D eigenvalue weighted by atomic mass is 32.2. The number of carbonyl (C=O) groups is 1. The second-order valence-electron chi connectivity index (χ2n) is 5.46. The number of benzene rings is 1. The molecule has 0 aliphatic carbocycles. The molecule has 3 rings (SSSR count). The summed E-state index contributed by atoms with van der Waals surface area (Å²) < 4.78 is 5.28. The standard InChI is InChI=1S/C17H13N3O5S2/c1-25-13-6-11(5-12(15(13)21)20(23)24)7-14-16(22)19(17(26)27-14)9-10-3-2-4-18-8-10/h2-8,21H,9H2,1H3/p-1/b14-7-. The summed E-state index contributed by atoms with van der Waals surface area (Å²) in [5, 5.41) is 23.0. The second kappa shape index (κ2) is 7.72. The number of hydrogen-bond donors (Lipinski definition) is 0. The van der Waals surface area contributed by atoms with E-state index in [1.165, 1.54) is 24.2 Å². The molecular formula is C17H12N3O5S2-. The molecule has 2 aromatic rings. The number of aromatic nitrogens is 1. The largest absolute Gasteiger partial charge is 0.865 e. The molecule has 0 atom stereocenters. The van der Waals surface area contributed by atoms with Crippen LogP contribution in [0, 0.1) is 10.1 Å². The van der Waals surface area contributed by atoms with Gasteiger partial charge in [0, 0.05) is 24.2 Å². The van der Waals surface area contributed by atoms with Crippen molar-refractivity contribution in [3.8, 4) is 11.5 Å². The van der Waals surface area contributed by atoms with Gasteiger partial charge in [-0.25, -0.2) is 0 Å². The molecule has 1 amide bonds. The molecule has 10 heteroatoms. The van der Waals surface area contributed by atoms with Gasteiger partial charge in [0.05, 0.1) is 23.5 Å². The number of hydrogen-bond acceptors (Lipinski definition) is 8. The molecule has 1 aliphatic heterocycles. The molecule has 0 spiro atoms. The lowest BCUT2D eigenvalue weighted by Gasteiger charge is -2.14. The molecule has 0 radical (unpaired) electrons. The molecule has 0 saturated carbocycles. The van der Waals surface area contributed by atoms with Gasteiger partial charge in [-0.15, -0.1) is 0 Å². The summed E-state index contributed by atoms with van der Waals surface area (Å²) in [6.07, 6.45) is 4.73. The lowest BCUT2D eigenvalue weighted by Crippen LogP contribution is -2.27. The molecular weight excluding hydrogens is 390 g/mol. The highest BCUT2D eigenvalue weighted by Crippen LogP contribution is 2.38. The van der Waals surface area contributed by atoms with Gasteiger partial charge in [0.15, 0.2) is 0 Å². The summed E-state index contributed by atoms with van der Waals surface area (Å²) in [4.78, 5) is 28.7. The molecule has 1 saturated heterocycles. The van der Waals surface area contributed by atoms with E-state index in [2.05, 4.69) is 4.98 Å². The molecule has 0 unspecified atom stereocenters. The van der Waals surface area contributed by atoms with Crippen molar-refractivity contribution in [1.29, 1.82) is 0 Å². The van der Waals surface area contributed by atoms with Crippen LogP contribution in [0.5, 0.6) is 11.5 Å². The Morgan fingerprint density at radius 3 is 2.85 bits per heavy atom. The number of thiocarbonyl (C=S) groups is 1. The zero-order valence-corrected chi connectivity index (χ0v) is 15.6. The number of nitrogens with zero attached hydrogens (tertiary/aromatic N) is 3. The number of ether oxygens (including phenoxy) is 1. The van der Waals surface area contributed by atoms with Gasteiger partial charge >= 0.3 is 0 Å². The fourth-order valence-electron chi connectivity index (χ4n) is 2.44. The highest BCUT2D eigenvalue weighted by Gasteiger charge is 2.32. The van der Waals surface area contributed by atoms with Gasteiger partial charge in [0.2, 0.25) is 0 Å². The first-order chi connectivity index (χ1) is 12.9. The van der Waals surface area contributed by atoms with E-state index in [0.29, 0.717) is 14.8 Å². The van der Waals surface area contributed by atoms with Crippen molar-refractivity contribution in [2.45, 2.75) is 6.54 Å². The number of methoxy groups -OCH3 is 1. The Morgan fingerprint density at radius 1 is 1.44 bits per heavy atom. The molecule has 1 aliphatic rings. The first kappa shape index (κ1) is 18.8. The SMILES string of the molecule is COc1cc(/C=C2\SC(=S)N(Cc3cccnc3)C2=O)cc([N+](=O)[O-])c1[O-]. The number of rotatable bonds is 5. The fourth-order valence-corrected chi connectivity index (χ4v) is 3.70. The summed E-state index contributed by atoms with van der Waals surface area (Å²) in [7, 11) is 1.25. The Kier molecular flexibility index (Phi) is 5.38. The molecule has 138 valence electrons. The number of nitro groups is 1. The van der Waals surface area contributed by atoms with E-state index in [-0.39, 0.29) is 18.2 Å². The maximum Gasteiger partial charge on any atom is 0.266 e. The van der Waals surface area contributed by atoms with Gasteiger partial charge in [0.1, 0.15) is 10.1 Å². The van der Waals surface area contributed by atoms with Gasteiger partial charge in [-0.1, -0.05) is 30.0 Å². The van der Waals surface area contributed by atoms with E-state index in [0.717, 1.165) is 23.4 Å². The third kappa shape index (κ3) is 3.91. The summed E-state index contributed by atoms with van der Waals surface area (Å²) in [5.74, 6) is -1.30. The van der Waals surface area contributed by atoms with Crippen LogP contribution in [0.25, 0.3) is 6.08 Å². The molecule has 27 heavy (non-hydrogen) atoms. The van der Waals surface area contributed by atoms with Crippen molar-refractivity contribution in [3.05, 3.63) is 62.8 Å². The zero-order valence-electron chi connectivity index (χ0n) is 13.9. The van der Waals surface area contributed by atoms with Crippen LogP contribution >= 0.6 is 24.0 Å². The first-order valence-corrected chi connectivity index (χ1v) is 8.81. The number of amides is 1. The predicted octanol–water partition coefficient (Wildman–Crippen LogP) is 2.47. The zero-order chi connectivity index (χ0) is 19.6. The van der Waals surface area contributed by atoms with Crippen molar-refractivity contribution >= 4 is 46.0 Å². The summed E-state index contributed by atoms with van der Waals surface area (Å²) in [6, 6.07) is 6.05. The third-order valence-electron chi connectivity index (χ3n) is 3.71. The average Bonchev–Trinajstić information content (AvgIpc) is 2.91. The average molecular weight is 402 g/mol. The Labute approximate surface area is 163 Å². The summed E-state index contributed by atoms with van der Waals surface area (Å²) in [5.41, 5.74) is 0.509. The number of nitro benzene ring substituents is 1. The highest BCUT2D eigenvalue weighted by molar-refractivity contribution is 8.26. The molecule has 1 aromatic carbocycles. The van der Waals surface area contributed by atoms with E-state index in [1.54, 1.807) is 18.5 Å². The van der Waals surface area contributed by atoms with Gasteiger partial charge in [0.25, 0.3) is 11.6 Å². The van der Waals surface area contributed by atoms with Crippen molar-refractivity contribution in [1.82, 2.24) is 9.88 Å². The van der Waals surface area contributed by atoms with Gasteiger partial charge in [-0.05, 0) is 29.3 Å². The molecule has 8 nitrogen and oxygen atoms in total. The third-order valence-corrected chi connectivity index (χ3v) is 5.09. The monoisotopic (exact) mass is 402 g/mol. The second-order valence-corrected chi connectivity index (χ2v) is 7.13. The smallest absolute Gasteiger partial charge is 0.266 e. The maximum absolute atomic E-state index is 12.7. The van der Waals surface area contributed by atoms with Crippen LogP contribution < -0.4 is 9.84 Å². The molecule has 1 fully saturated rings. The van der Waals surface area contributed by atoms with Gasteiger partial charge in [-0.3, -0.25) is 24.8 Å². The quantitative estimate of drug-likeness (QED) is 0.325. The first-order valence-electron chi connectivity index (χ1n) is 7.58. The predicted molar refractivity (Wildman–Crippen MR) is 102 cm³/mol. The lowest BCUT2D eigenvalue weighted by molar-refractivity contribution is -0.398. The maximum atomic E-state index is 12.7. The van der Waals surface area contributed by atoms with E-state index >= 15 is 0 Å². The van der Waals surface area contributed by atoms with Gasteiger partial charge < -0.3 is 9.84 Å². The van der Waals surface area contributed by atoms with Crippen LogP contribution in [0.1, 0.15) is 11.1 Å². The van der Waals surface area contributed by atoms with Crippen LogP contribution in [-0.2, 0) is 11.3 Å².